The molecule has 0 bridgehead atoms. The molecular weight excluding hydrogens is 267 g/mol. The third-order valence-electron chi connectivity index (χ3n) is 2.55. The predicted octanol–water partition coefficient (Wildman–Crippen LogP) is 1.83. The van der Waals surface area contributed by atoms with Crippen LogP contribution in [0, 0.1) is 5.82 Å². The average Bonchev–Trinajstić information content (AvgIpc) is 2.89. The molecule has 2 rings (SSSR count). The normalized spacial score (nSPS) is 10.3. The van der Waals surface area contributed by atoms with Gasteiger partial charge in [-0.15, -0.1) is 0 Å². The summed E-state index contributed by atoms with van der Waals surface area (Å²) in [5.74, 6) is -2.32. The van der Waals surface area contributed by atoms with Crippen LogP contribution in [0.5, 0.6) is 0 Å². The SMILES string of the molecule is NCc1ccc(C(=O)Nc2ccc(C(=O)O)cc2F)o1. The first-order valence-corrected chi connectivity index (χ1v) is 5.64. The van der Waals surface area contributed by atoms with Crippen molar-refractivity contribution in [3.8, 4) is 0 Å². The maximum atomic E-state index is 13.6. The minimum atomic E-state index is -1.25. The minimum Gasteiger partial charge on any atom is -0.478 e. The first-order chi connectivity index (χ1) is 9.51. The highest BCUT2D eigenvalue weighted by Crippen LogP contribution is 2.17. The van der Waals surface area contributed by atoms with Crippen LogP contribution in [0.2, 0.25) is 0 Å². The second-order valence-electron chi connectivity index (χ2n) is 3.92. The Hall–Kier alpha value is -2.67. The van der Waals surface area contributed by atoms with Crippen LogP contribution in [-0.4, -0.2) is 17.0 Å². The molecule has 1 aromatic heterocycles. The lowest BCUT2D eigenvalue weighted by atomic mass is 10.2. The third-order valence-corrected chi connectivity index (χ3v) is 2.55. The molecule has 7 heteroatoms. The van der Waals surface area contributed by atoms with Crippen molar-refractivity contribution in [1.29, 1.82) is 0 Å². The van der Waals surface area contributed by atoms with E-state index in [1.165, 1.54) is 18.2 Å². The zero-order chi connectivity index (χ0) is 14.7. The highest BCUT2D eigenvalue weighted by atomic mass is 19.1. The van der Waals surface area contributed by atoms with Gasteiger partial charge in [-0.3, -0.25) is 4.79 Å². The van der Waals surface area contributed by atoms with E-state index in [1.807, 2.05) is 0 Å². The number of hydrogen-bond donors (Lipinski definition) is 3. The van der Waals surface area contributed by atoms with E-state index >= 15 is 0 Å². The molecule has 0 saturated heterocycles. The zero-order valence-corrected chi connectivity index (χ0v) is 10.2. The molecular formula is C13H11FN2O4. The molecule has 2 aromatic rings. The van der Waals surface area contributed by atoms with E-state index in [9.17, 15) is 14.0 Å². The maximum absolute atomic E-state index is 13.6. The number of furan rings is 1. The van der Waals surface area contributed by atoms with Gasteiger partial charge in [-0.25, -0.2) is 9.18 Å². The summed E-state index contributed by atoms with van der Waals surface area (Å²) in [5.41, 5.74) is 5.01. The number of carbonyl (C=O) groups is 2. The topological polar surface area (TPSA) is 106 Å². The smallest absolute Gasteiger partial charge is 0.335 e. The van der Waals surface area contributed by atoms with Crippen molar-refractivity contribution in [1.82, 2.24) is 0 Å². The lowest BCUT2D eigenvalue weighted by Gasteiger charge is -2.05. The number of aromatic carboxylic acids is 1. The van der Waals surface area contributed by atoms with Crippen LogP contribution in [0.15, 0.2) is 34.7 Å². The fourth-order valence-corrected chi connectivity index (χ4v) is 1.54. The van der Waals surface area contributed by atoms with E-state index < -0.39 is 17.7 Å². The number of nitrogens with one attached hydrogen (secondary N) is 1. The van der Waals surface area contributed by atoms with Crippen LogP contribution in [0.1, 0.15) is 26.7 Å². The average molecular weight is 278 g/mol. The second-order valence-corrected chi connectivity index (χ2v) is 3.92. The van der Waals surface area contributed by atoms with Crippen molar-refractivity contribution in [2.24, 2.45) is 5.73 Å². The van der Waals surface area contributed by atoms with Crippen molar-refractivity contribution >= 4 is 17.6 Å². The lowest BCUT2D eigenvalue weighted by Crippen LogP contribution is -2.12. The summed E-state index contributed by atoms with van der Waals surface area (Å²) in [6.45, 7) is 0.148. The van der Waals surface area contributed by atoms with E-state index in [0.29, 0.717) is 5.76 Å². The second kappa shape index (κ2) is 5.54. The fraction of sp³-hybridized carbons (Fsp3) is 0.0769. The molecule has 0 aliphatic heterocycles. The number of halogens is 1. The number of rotatable bonds is 4. The van der Waals surface area contributed by atoms with Gasteiger partial charge in [0.25, 0.3) is 5.91 Å². The number of amides is 1. The predicted molar refractivity (Wildman–Crippen MR) is 67.9 cm³/mol. The Labute approximate surface area is 113 Å². The van der Waals surface area contributed by atoms with E-state index in [-0.39, 0.29) is 23.6 Å². The van der Waals surface area contributed by atoms with Gasteiger partial charge < -0.3 is 20.6 Å². The van der Waals surface area contributed by atoms with Crippen LogP contribution in [0.3, 0.4) is 0 Å². The van der Waals surface area contributed by atoms with Gasteiger partial charge in [-0.05, 0) is 30.3 Å². The molecule has 6 nitrogen and oxygen atoms in total. The molecule has 0 unspecified atom stereocenters. The summed E-state index contributed by atoms with van der Waals surface area (Å²) in [7, 11) is 0. The Balaban J connectivity index is 2.17. The molecule has 104 valence electrons. The summed E-state index contributed by atoms with van der Waals surface area (Å²) >= 11 is 0. The molecule has 0 aliphatic carbocycles. The number of carbonyl (C=O) groups excluding carboxylic acids is 1. The molecule has 4 N–H and O–H groups in total. The Morgan fingerprint density at radius 1 is 1.30 bits per heavy atom. The number of benzene rings is 1. The van der Waals surface area contributed by atoms with Crippen molar-refractivity contribution in [2.75, 3.05) is 5.32 Å². The van der Waals surface area contributed by atoms with Crippen molar-refractivity contribution < 1.29 is 23.5 Å². The van der Waals surface area contributed by atoms with Crippen molar-refractivity contribution in [3.05, 3.63) is 53.2 Å². The van der Waals surface area contributed by atoms with E-state index in [2.05, 4.69) is 5.32 Å². The molecule has 0 saturated carbocycles. The van der Waals surface area contributed by atoms with E-state index in [0.717, 1.165) is 6.07 Å². The highest BCUT2D eigenvalue weighted by Gasteiger charge is 2.14. The zero-order valence-electron chi connectivity index (χ0n) is 10.2. The summed E-state index contributed by atoms with van der Waals surface area (Å²) in [6, 6.07) is 6.14. The number of carboxylic acids is 1. The van der Waals surface area contributed by atoms with Gasteiger partial charge in [0.1, 0.15) is 11.6 Å². The quantitative estimate of drug-likeness (QED) is 0.791. The summed E-state index contributed by atoms with van der Waals surface area (Å²) in [5, 5.41) is 11.0. The Bertz CT molecular complexity index is 666. The summed E-state index contributed by atoms with van der Waals surface area (Å²) < 4.78 is 18.7. The van der Waals surface area contributed by atoms with E-state index in [4.69, 9.17) is 15.3 Å². The van der Waals surface area contributed by atoms with Crippen LogP contribution in [0.25, 0.3) is 0 Å². The fourth-order valence-electron chi connectivity index (χ4n) is 1.54. The monoisotopic (exact) mass is 278 g/mol. The lowest BCUT2D eigenvalue weighted by molar-refractivity contribution is 0.0696. The van der Waals surface area contributed by atoms with Gasteiger partial charge in [-0.1, -0.05) is 0 Å². The van der Waals surface area contributed by atoms with Crippen LogP contribution in [0.4, 0.5) is 10.1 Å². The summed E-state index contributed by atoms with van der Waals surface area (Å²) in [4.78, 5) is 22.4. The van der Waals surface area contributed by atoms with Gasteiger partial charge in [0.15, 0.2) is 5.76 Å². The largest absolute Gasteiger partial charge is 0.478 e. The standard InChI is InChI=1S/C13H11FN2O4/c14-9-5-7(13(18)19)1-3-10(9)16-12(17)11-4-2-8(6-15)20-11/h1-5H,6,15H2,(H,16,17)(H,18,19). The molecule has 1 heterocycles. The highest BCUT2D eigenvalue weighted by molar-refractivity contribution is 6.02. The van der Waals surface area contributed by atoms with E-state index in [1.54, 1.807) is 6.07 Å². The van der Waals surface area contributed by atoms with Gasteiger partial charge in [0.2, 0.25) is 0 Å². The van der Waals surface area contributed by atoms with Crippen LogP contribution >= 0.6 is 0 Å². The van der Waals surface area contributed by atoms with Crippen molar-refractivity contribution in [2.45, 2.75) is 6.54 Å². The van der Waals surface area contributed by atoms with Gasteiger partial charge in [0, 0.05) is 0 Å². The molecule has 1 aromatic carbocycles. The van der Waals surface area contributed by atoms with Gasteiger partial charge in [0.05, 0.1) is 17.8 Å². The molecule has 0 fully saturated rings. The number of nitrogens with two attached hydrogens (primary N) is 1. The van der Waals surface area contributed by atoms with Crippen LogP contribution in [-0.2, 0) is 6.54 Å². The third kappa shape index (κ3) is 2.83. The first-order valence-electron chi connectivity index (χ1n) is 5.64. The molecule has 20 heavy (non-hydrogen) atoms. The van der Waals surface area contributed by atoms with Crippen LogP contribution < -0.4 is 11.1 Å². The minimum absolute atomic E-state index is 0.00726. The Kier molecular flexibility index (Phi) is 3.81. The molecule has 0 aliphatic rings. The molecule has 1 amide bonds. The Morgan fingerprint density at radius 3 is 2.60 bits per heavy atom. The number of anilines is 1. The molecule has 0 spiro atoms. The van der Waals surface area contributed by atoms with Gasteiger partial charge >= 0.3 is 5.97 Å². The number of carboxylic acid groups (broad SMARTS) is 1. The Morgan fingerprint density at radius 2 is 2.05 bits per heavy atom. The number of hydrogen-bond acceptors (Lipinski definition) is 4. The van der Waals surface area contributed by atoms with Crippen molar-refractivity contribution in [3.63, 3.8) is 0 Å². The van der Waals surface area contributed by atoms with Gasteiger partial charge in [-0.2, -0.15) is 0 Å². The first kappa shape index (κ1) is 13.8. The summed E-state index contributed by atoms with van der Waals surface area (Å²) in [6.07, 6.45) is 0. The maximum Gasteiger partial charge on any atom is 0.335 e. The molecule has 0 radical (unpaired) electrons. The molecule has 0 atom stereocenters.